The zero-order valence-corrected chi connectivity index (χ0v) is 10.3. The van der Waals surface area contributed by atoms with E-state index in [0.717, 1.165) is 30.6 Å². The van der Waals surface area contributed by atoms with Gasteiger partial charge in [-0.25, -0.2) is 9.50 Å². The molecule has 2 heterocycles. The van der Waals surface area contributed by atoms with E-state index in [1.807, 2.05) is 29.0 Å². The van der Waals surface area contributed by atoms with Crippen molar-refractivity contribution in [3.63, 3.8) is 0 Å². The van der Waals surface area contributed by atoms with Crippen LogP contribution in [0, 0.1) is 0 Å². The van der Waals surface area contributed by atoms with Crippen molar-refractivity contribution >= 4 is 5.52 Å². The maximum absolute atomic E-state index is 4.60. The summed E-state index contributed by atoms with van der Waals surface area (Å²) < 4.78 is 1.91. The Kier molecular flexibility index (Phi) is 2.95. The van der Waals surface area contributed by atoms with Gasteiger partial charge in [-0.05, 0) is 25.0 Å². The molecule has 2 aromatic rings. The maximum atomic E-state index is 4.60. The SMILES string of the molecule is CCCC(C)(CC)c1ncc2cccn2n1. The van der Waals surface area contributed by atoms with Gasteiger partial charge in [0.25, 0.3) is 0 Å². The summed E-state index contributed by atoms with van der Waals surface area (Å²) in [6.07, 6.45) is 7.26. The van der Waals surface area contributed by atoms with Crippen LogP contribution in [0.1, 0.15) is 45.9 Å². The lowest BCUT2D eigenvalue weighted by atomic mass is 9.82. The quantitative estimate of drug-likeness (QED) is 0.787. The van der Waals surface area contributed by atoms with Gasteiger partial charge in [-0.1, -0.05) is 27.2 Å². The van der Waals surface area contributed by atoms with Crippen LogP contribution < -0.4 is 0 Å². The summed E-state index contributed by atoms with van der Waals surface area (Å²) >= 11 is 0. The fourth-order valence-electron chi connectivity index (χ4n) is 2.11. The zero-order valence-electron chi connectivity index (χ0n) is 10.3. The van der Waals surface area contributed by atoms with Gasteiger partial charge in [0.15, 0.2) is 5.82 Å². The van der Waals surface area contributed by atoms with Gasteiger partial charge in [0.05, 0.1) is 11.7 Å². The second-order valence-electron chi connectivity index (χ2n) is 4.62. The molecular weight excluding hydrogens is 198 g/mol. The molecule has 1 atom stereocenters. The van der Waals surface area contributed by atoms with Gasteiger partial charge < -0.3 is 0 Å². The van der Waals surface area contributed by atoms with Crippen molar-refractivity contribution in [2.45, 2.75) is 45.4 Å². The van der Waals surface area contributed by atoms with Crippen molar-refractivity contribution in [3.05, 3.63) is 30.4 Å². The lowest BCUT2D eigenvalue weighted by molar-refractivity contribution is 0.383. The van der Waals surface area contributed by atoms with Crippen LogP contribution >= 0.6 is 0 Å². The van der Waals surface area contributed by atoms with E-state index in [1.54, 1.807) is 0 Å². The molecule has 0 aliphatic heterocycles. The van der Waals surface area contributed by atoms with Crippen LogP contribution in [0.5, 0.6) is 0 Å². The first-order valence-electron chi connectivity index (χ1n) is 6.00. The molecule has 0 radical (unpaired) electrons. The fraction of sp³-hybridized carbons (Fsp3) is 0.538. The number of fused-ring (bicyclic) bond motifs is 1. The molecule has 2 aromatic heterocycles. The summed E-state index contributed by atoms with van der Waals surface area (Å²) in [5.41, 5.74) is 1.16. The summed E-state index contributed by atoms with van der Waals surface area (Å²) in [7, 11) is 0. The minimum Gasteiger partial charge on any atom is -0.238 e. The van der Waals surface area contributed by atoms with E-state index in [2.05, 4.69) is 30.9 Å². The van der Waals surface area contributed by atoms with Crippen molar-refractivity contribution < 1.29 is 0 Å². The van der Waals surface area contributed by atoms with Gasteiger partial charge in [0.1, 0.15) is 0 Å². The van der Waals surface area contributed by atoms with E-state index in [1.165, 1.54) is 0 Å². The van der Waals surface area contributed by atoms with Crippen molar-refractivity contribution in [1.29, 1.82) is 0 Å². The average Bonchev–Trinajstić information content (AvgIpc) is 2.76. The smallest absolute Gasteiger partial charge is 0.155 e. The summed E-state index contributed by atoms with van der Waals surface area (Å²) in [5, 5.41) is 4.60. The Morgan fingerprint density at radius 1 is 1.38 bits per heavy atom. The van der Waals surface area contributed by atoms with Gasteiger partial charge in [0.2, 0.25) is 0 Å². The first-order valence-corrected chi connectivity index (χ1v) is 6.00. The zero-order chi connectivity index (χ0) is 11.6. The molecule has 16 heavy (non-hydrogen) atoms. The first kappa shape index (κ1) is 11.1. The summed E-state index contributed by atoms with van der Waals surface area (Å²) in [6, 6.07) is 4.02. The number of hydrogen-bond acceptors (Lipinski definition) is 2. The van der Waals surface area contributed by atoms with Crippen LogP contribution in [0.15, 0.2) is 24.5 Å². The second-order valence-corrected chi connectivity index (χ2v) is 4.62. The fourth-order valence-corrected chi connectivity index (χ4v) is 2.11. The van der Waals surface area contributed by atoms with Crippen LogP contribution in [0.3, 0.4) is 0 Å². The normalized spacial score (nSPS) is 15.2. The topological polar surface area (TPSA) is 30.2 Å². The first-order chi connectivity index (χ1) is 7.69. The van der Waals surface area contributed by atoms with Gasteiger partial charge in [-0.2, -0.15) is 5.10 Å². The number of nitrogens with zero attached hydrogens (tertiary/aromatic N) is 3. The molecule has 3 heteroatoms. The molecule has 2 rings (SSSR count). The van der Waals surface area contributed by atoms with E-state index in [4.69, 9.17) is 0 Å². The highest BCUT2D eigenvalue weighted by Gasteiger charge is 2.27. The van der Waals surface area contributed by atoms with Crippen molar-refractivity contribution in [1.82, 2.24) is 14.6 Å². The van der Waals surface area contributed by atoms with E-state index in [-0.39, 0.29) is 5.41 Å². The molecule has 0 saturated carbocycles. The molecule has 0 aliphatic rings. The third kappa shape index (κ3) is 1.82. The summed E-state index contributed by atoms with van der Waals surface area (Å²) in [5.74, 6) is 0.959. The Balaban J connectivity index is 2.44. The van der Waals surface area contributed by atoms with E-state index >= 15 is 0 Å². The molecule has 0 aromatic carbocycles. The Bertz CT molecular complexity index is 475. The Hall–Kier alpha value is -1.38. The third-order valence-corrected chi connectivity index (χ3v) is 3.40. The van der Waals surface area contributed by atoms with Gasteiger partial charge in [-0.15, -0.1) is 0 Å². The maximum Gasteiger partial charge on any atom is 0.155 e. The number of hydrogen-bond donors (Lipinski definition) is 0. The molecule has 0 N–H and O–H groups in total. The van der Waals surface area contributed by atoms with E-state index in [0.29, 0.717) is 0 Å². The number of rotatable bonds is 4. The summed E-state index contributed by atoms with van der Waals surface area (Å²) in [6.45, 7) is 6.67. The van der Waals surface area contributed by atoms with Crippen LogP contribution in [-0.4, -0.2) is 14.6 Å². The largest absolute Gasteiger partial charge is 0.238 e. The summed E-state index contributed by atoms with van der Waals surface area (Å²) in [4.78, 5) is 4.51. The van der Waals surface area contributed by atoms with Gasteiger partial charge in [-0.3, -0.25) is 0 Å². The van der Waals surface area contributed by atoms with Crippen LogP contribution in [0.4, 0.5) is 0 Å². The van der Waals surface area contributed by atoms with E-state index < -0.39 is 0 Å². The Morgan fingerprint density at radius 3 is 2.88 bits per heavy atom. The second kappa shape index (κ2) is 4.24. The third-order valence-electron chi connectivity index (χ3n) is 3.40. The van der Waals surface area contributed by atoms with Crippen molar-refractivity contribution in [2.75, 3.05) is 0 Å². The Labute approximate surface area is 96.5 Å². The molecule has 0 amide bonds. The minimum atomic E-state index is 0.104. The lowest BCUT2D eigenvalue weighted by Crippen LogP contribution is -2.24. The predicted molar refractivity (Wildman–Crippen MR) is 65.5 cm³/mol. The monoisotopic (exact) mass is 217 g/mol. The van der Waals surface area contributed by atoms with Crippen LogP contribution in [0.25, 0.3) is 5.52 Å². The molecular formula is C13H19N3. The predicted octanol–water partition coefficient (Wildman–Crippen LogP) is 3.20. The molecule has 0 saturated heterocycles. The highest BCUT2D eigenvalue weighted by molar-refractivity contribution is 5.43. The molecule has 0 bridgehead atoms. The number of aromatic nitrogens is 3. The van der Waals surface area contributed by atoms with Crippen molar-refractivity contribution in [2.24, 2.45) is 0 Å². The average molecular weight is 217 g/mol. The Morgan fingerprint density at radius 2 is 2.19 bits per heavy atom. The van der Waals surface area contributed by atoms with Gasteiger partial charge in [0, 0.05) is 11.6 Å². The highest BCUT2D eigenvalue weighted by atomic mass is 15.2. The molecule has 0 fully saturated rings. The lowest BCUT2D eigenvalue weighted by Gasteiger charge is -2.25. The minimum absolute atomic E-state index is 0.104. The highest BCUT2D eigenvalue weighted by Crippen LogP contribution is 2.29. The van der Waals surface area contributed by atoms with Gasteiger partial charge >= 0.3 is 0 Å². The van der Waals surface area contributed by atoms with Crippen LogP contribution in [0.2, 0.25) is 0 Å². The molecule has 0 spiro atoms. The van der Waals surface area contributed by atoms with E-state index in [9.17, 15) is 0 Å². The molecule has 0 aliphatic carbocycles. The standard InChI is InChI=1S/C13H19N3/c1-4-8-13(3,5-2)12-14-10-11-7-6-9-16(11)15-12/h6-7,9-10H,4-5,8H2,1-3H3. The van der Waals surface area contributed by atoms with Crippen molar-refractivity contribution in [3.8, 4) is 0 Å². The molecule has 1 unspecified atom stereocenters. The molecule has 86 valence electrons. The van der Waals surface area contributed by atoms with Crippen LogP contribution in [-0.2, 0) is 5.41 Å². The molecule has 3 nitrogen and oxygen atoms in total.